The van der Waals surface area contributed by atoms with Gasteiger partial charge in [-0.05, 0) is 30.3 Å². The average Bonchev–Trinajstić information content (AvgIpc) is 3.14. The van der Waals surface area contributed by atoms with Gasteiger partial charge in [0.1, 0.15) is 5.75 Å². The van der Waals surface area contributed by atoms with Crippen LogP contribution in [0.1, 0.15) is 10.4 Å². The minimum atomic E-state index is -0.687. The van der Waals surface area contributed by atoms with Gasteiger partial charge in [0.25, 0.3) is 11.8 Å². The fourth-order valence-electron chi connectivity index (χ4n) is 2.34. The summed E-state index contributed by atoms with van der Waals surface area (Å²) in [4.78, 5) is 38.5. The maximum absolute atomic E-state index is 12.1. The molecule has 0 saturated carbocycles. The van der Waals surface area contributed by atoms with Gasteiger partial charge < -0.3 is 14.5 Å². The predicted molar refractivity (Wildman–Crippen MR) is 102 cm³/mol. The Morgan fingerprint density at radius 3 is 2.36 bits per heavy atom. The van der Waals surface area contributed by atoms with Crippen LogP contribution in [-0.4, -0.2) is 36.0 Å². The molecule has 0 saturated heterocycles. The summed E-state index contributed by atoms with van der Waals surface area (Å²) in [5.74, 6) is -1.46. The summed E-state index contributed by atoms with van der Waals surface area (Å²) in [7, 11) is 0. The molecule has 3 N–H and O–H groups in total. The Hall–Kier alpha value is -3.52. The molecule has 9 heteroatoms. The monoisotopic (exact) mass is 401 g/mol. The van der Waals surface area contributed by atoms with E-state index in [-0.39, 0.29) is 6.61 Å². The lowest BCUT2D eigenvalue weighted by molar-refractivity contribution is -0.131. The SMILES string of the molecule is O=C(COC(=O)c1c[nH]c2ccccc12)NNC(=O)COc1ccc(Cl)cc1. The summed E-state index contributed by atoms with van der Waals surface area (Å²) in [6.07, 6.45) is 1.51. The van der Waals surface area contributed by atoms with Crippen LogP contribution in [0.25, 0.3) is 10.9 Å². The van der Waals surface area contributed by atoms with Crippen LogP contribution in [0.3, 0.4) is 0 Å². The molecule has 144 valence electrons. The number of aromatic nitrogens is 1. The highest BCUT2D eigenvalue weighted by Gasteiger charge is 2.15. The summed E-state index contributed by atoms with van der Waals surface area (Å²) in [5, 5.41) is 1.24. The molecule has 0 aliphatic heterocycles. The Balaban J connectivity index is 1.39. The van der Waals surface area contributed by atoms with E-state index in [1.165, 1.54) is 6.20 Å². The number of fused-ring (bicyclic) bond motifs is 1. The van der Waals surface area contributed by atoms with E-state index >= 15 is 0 Å². The summed E-state index contributed by atoms with van der Waals surface area (Å²) >= 11 is 5.75. The van der Waals surface area contributed by atoms with Gasteiger partial charge in [0.05, 0.1) is 5.56 Å². The Kier molecular flexibility index (Phi) is 6.13. The third-order valence-corrected chi connectivity index (χ3v) is 3.92. The molecule has 8 nitrogen and oxygen atoms in total. The second kappa shape index (κ2) is 8.92. The van der Waals surface area contributed by atoms with Crippen molar-refractivity contribution in [1.82, 2.24) is 15.8 Å². The first-order valence-corrected chi connectivity index (χ1v) is 8.60. The topological polar surface area (TPSA) is 110 Å². The molecule has 28 heavy (non-hydrogen) atoms. The fourth-order valence-corrected chi connectivity index (χ4v) is 2.47. The number of carbonyl (C=O) groups is 3. The first-order valence-electron chi connectivity index (χ1n) is 8.22. The van der Waals surface area contributed by atoms with Crippen LogP contribution < -0.4 is 15.6 Å². The lowest BCUT2D eigenvalue weighted by Crippen LogP contribution is -2.45. The molecule has 1 aromatic heterocycles. The number of H-pyrrole nitrogens is 1. The van der Waals surface area contributed by atoms with E-state index in [1.54, 1.807) is 36.4 Å². The minimum absolute atomic E-state index is 0.308. The third-order valence-electron chi connectivity index (χ3n) is 3.67. The van der Waals surface area contributed by atoms with Gasteiger partial charge >= 0.3 is 5.97 Å². The molecule has 3 aromatic rings. The number of rotatable bonds is 6. The maximum Gasteiger partial charge on any atom is 0.340 e. The molecular weight excluding hydrogens is 386 g/mol. The van der Waals surface area contributed by atoms with Crippen molar-refractivity contribution < 1.29 is 23.9 Å². The van der Waals surface area contributed by atoms with Gasteiger partial charge in [-0.2, -0.15) is 0 Å². The van der Waals surface area contributed by atoms with Crippen LogP contribution in [0.4, 0.5) is 0 Å². The van der Waals surface area contributed by atoms with Gasteiger partial charge in [0.15, 0.2) is 13.2 Å². The number of esters is 1. The van der Waals surface area contributed by atoms with Crippen LogP contribution in [-0.2, 0) is 14.3 Å². The van der Waals surface area contributed by atoms with Gasteiger partial charge in [-0.15, -0.1) is 0 Å². The van der Waals surface area contributed by atoms with E-state index in [0.717, 1.165) is 5.52 Å². The highest BCUT2D eigenvalue weighted by molar-refractivity contribution is 6.30. The van der Waals surface area contributed by atoms with Crippen molar-refractivity contribution in [3.63, 3.8) is 0 Å². The van der Waals surface area contributed by atoms with Gasteiger partial charge in [-0.25, -0.2) is 4.79 Å². The maximum atomic E-state index is 12.1. The number of hydrogen-bond acceptors (Lipinski definition) is 5. The lowest BCUT2D eigenvalue weighted by Gasteiger charge is -2.09. The van der Waals surface area contributed by atoms with Crippen LogP contribution >= 0.6 is 11.6 Å². The van der Waals surface area contributed by atoms with E-state index in [9.17, 15) is 14.4 Å². The second-order valence-electron chi connectivity index (χ2n) is 5.66. The van der Waals surface area contributed by atoms with E-state index in [1.807, 2.05) is 12.1 Å². The Bertz CT molecular complexity index is 1000. The van der Waals surface area contributed by atoms with Gasteiger partial charge in [-0.1, -0.05) is 29.8 Å². The zero-order chi connectivity index (χ0) is 19.9. The number of carbonyl (C=O) groups excluding carboxylic acids is 3. The summed E-state index contributed by atoms with van der Waals surface area (Å²) < 4.78 is 10.2. The largest absolute Gasteiger partial charge is 0.484 e. The van der Waals surface area contributed by atoms with Crippen molar-refractivity contribution in [2.24, 2.45) is 0 Å². The van der Waals surface area contributed by atoms with Crippen molar-refractivity contribution in [1.29, 1.82) is 0 Å². The molecule has 0 aliphatic carbocycles. The summed E-state index contributed by atoms with van der Waals surface area (Å²) in [5.41, 5.74) is 5.41. The zero-order valence-electron chi connectivity index (χ0n) is 14.5. The van der Waals surface area contributed by atoms with Gasteiger partial charge in [0, 0.05) is 22.1 Å². The molecule has 1 heterocycles. The zero-order valence-corrected chi connectivity index (χ0v) is 15.3. The highest BCUT2D eigenvalue weighted by atomic mass is 35.5. The summed E-state index contributed by atoms with van der Waals surface area (Å²) in [6, 6.07) is 13.7. The van der Waals surface area contributed by atoms with E-state index in [0.29, 0.717) is 21.7 Å². The first-order chi connectivity index (χ1) is 13.5. The van der Waals surface area contributed by atoms with Gasteiger partial charge in [0.2, 0.25) is 0 Å². The standard InChI is InChI=1S/C19H16ClN3O5/c20-12-5-7-13(8-6-12)27-10-17(24)22-23-18(25)11-28-19(26)15-9-21-16-4-2-1-3-14(15)16/h1-9,21H,10-11H2,(H,22,24)(H,23,25). The molecule has 0 atom stereocenters. The van der Waals surface area contributed by atoms with Crippen molar-refractivity contribution in [3.8, 4) is 5.75 Å². The van der Waals surface area contributed by atoms with Crippen molar-refractivity contribution in [2.45, 2.75) is 0 Å². The average molecular weight is 402 g/mol. The molecule has 0 fully saturated rings. The van der Waals surface area contributed by atoms with Gasteiger partial charge in [-0.3, -0.25) is 20.4 Å². The first kappa shape index (κ1) is 19.2. The number of nitrogens with one attached hydrogen (secondary N) is 3. The second-order valence-corrected chi connectivity index (χ2v) is 6.10. The van der Waals surface area contributed by atoms with Crippen LogP contribution in [0.5, 0.6) is 5.75 Å². The van der Waals surface area contributed by atoms with E-state index in [2.05, 4.69) is 15.8 Å². The number of benzene rings is 2. The quantitative estimate of drug-likeness (QED) is 0.433. The summed E-state index contributed by atoms with van der Waals surface area (Å²) in [6.45, 7) is -0.853. The van der Waals surface area contributed by atoms with Crippen molar-refractivity contribution >= 4 is 40.3 Å². The van der Waals surface area contributed by atoms with Crippen LogP contribution in [0, 0.1) is 0 Å². The third kappa shape index (κ3) is 5.01. The Labute approximate surface area is 164 Å². The Morgan fingerprint density at radius 2 is 1.61 bits per heavy atom. The molecular formula is C19H16ClN3O5. The molecule has 0 radical (unpaired) electrons. The normalized spacial score (nSPS) is 10.3. The number of hydrogen-bond donors (Lipinski definition) is 3. The number of ether oxygens (including phenoxy) is 2. The number of amides is 2. The number of para-hydroxylation sites is 1. The Morgan fingerprint density at radius 1 is 0.929 bits per heavy atom. The van der Waals surface area contributed by atoms with Crippen LogP contribution in [0.15, 0.2) is 54.7 Å². The predicted octanol–water partition coefficient (Wildman–Crippen LogP) is 2.20. The van der Waals surface area contributed by atoms with Crippen LogP contribution in [0.2, 0.25) is 5.02 Å². The molecule has 0 aliphatic rings. The fraction of sp³-hybridized carbons (Fsp3) is 0.105. The molecule has 0 spiro atoms. The number of halogens is 1. The molecule has 0 unspecified atom stereocenters. The minimum Gasteiger partial charge on any atom is -0.484 e. The van der Waals surface area contributed by atoms with Crippen molar-refractivity contribution in [2.75, 3.05) is 13.2 Å². The van der Waals surface area contributed by atoms with Crippen molar-refractivity contribution in [3.05, 3.63) is 65.3 Å². The molecule has 2 aromatic carbocycles. The number of hydrazine groups is 1. The molecule has 3 rings (SSSR count). The molecule has 2 amide bonds. The van der Waals surface area contributed by atoms with E-state index < -0.39 is 24.4 Å². The van der Waals surface area contributed by atoms with E-state index in [4.69, 9.17) is 21.1 Å². The highest BCUT2D eigenvalue weighted by Crippen LogP contribution is 2.18. The lowest BCUT2D eigenvalue weighted by atomic mass is 10.2. The smallest absolute Gasteiger partial charge is 0.340 e. The number of aromatic amines is 1. The molecule has 0 bridgehead atoms.